The van der Waals surface area contributed by atoms with E-state index in [1.807, 2.05) is 0 Å². The maximum Gasteiger partial charge on any atom is 0.416 e. The second-order valence-electron chi connectivity index (χ2n) is 10.4. The van der Waals surface area contributed by atoms with Crippen LogP contribution >= 0.6 is 48.2 Å². The van der Waals surface area contributed by atoms with Gasteiger partial charge in [-0.1, -0.05) is 17.7 Å². The average Bonchev–Trinajstić information content (AvgIpc) is 2.88. The van der Waals surface area contributed by atoms with Gasteiger partial charge in [0, 0.05) is 62.3 Å². The molecule has 13 heteroatoms. The zero-order chi connectivity index (χ0) is 28.3. The third-order valence-electron chi connectivity index (χ3n) is 7.25. The van der Waals surface area contributed by atoms with E-state index in [1.165, 1.54) is 17.8 Å². The number of phenols is 1. The minimum absolute atomic E-state index is 0. The fourth-order valence-electron chi connectivity index (χ4n) is 5.44. The molecule has 1 N–H and O–H groups in total. The summed E-state index contributed by atoms with van der Waals surface area (Å²) in [4.78, 5) is 20.4. The molecule has 2 aliphatic rings. The SMILES string of the molecule is CSc1cc(C(=O)N2CCN(CCN3C[C@@H](C)O[C@@H](C)C3)C[C@H]2Cc2ccc(Cl)c(O)c2)cc(C(F)(F)F)c1.Cl.Cl. The predicted molar refractivity (Wildman–Crippen MR) is 162 cm³/mol. The van der Waals surface area contributed by atoms with Crippen LogP contribution in [-0.2, 0) is 17.3 Å². The largest absolute Gasteiger partial charge is 0.506 e. The molecule has 2 aromatic rings. The molecule has 6 nitrogen and oxygen atoms in total. The third-order valence-corrected chi connectivity index (χ3v) is 8.28. The molecule has 0 spiro atoms. The van der Waals surface area contributed by atoms with Gasteiger partial charge in [-0.2, -0.15) is 13.2 Å². The van der Waals surface area contributed by atoms with Crippen LogP contribution in [-0.4, -0.2) is 96.0 Å². The standard InChI is InChI=1S/C28H35ClF3N3O3S.2ClH/c1-18-15-34(16-19(2)38-18)7-6-33-8-9-35(23(17-33)10-20-4-5-25(29)26(36)11-20)27(37)21-12-22(28(30,31)32)14-24(13-21)39-3;;/h4-5,11-14,18-19,23,36H,6-10,15-17H2,1-3H3;2*1H/t18-,19+,23-;;/m1../s1. The molecular weight excluding hydrogens is 622 g/mol. The van der Waals surface area contributed by atoms with Crippen molar-refractivity contribution in [2.24, 2.45) is 0 Å². The first-order valence-corrected chi connectivity index (χ1v) is 14.7. The first-order valence-electron chi connectivity index (χ1n) is 13.1. The van der Waals surface area contributed by atoms with E-state index in [1.54, 1.807) is 29.4 Å². The third kappa shape index (κ3) is 9.55. The zero-order valence-corrected chi connectivity index (χ0v) is 26.4. The number of morpholine rings is 1. The van der Waals surface area contributed by atoms with Crippen LogP contribution in [0.2, 0.25) is 5.02 Å². The molecule has 0 radical (unpaired) electrons. The van der Waals surface area contributed by atoms with E-state index >= 15 is 0 Å². The van der Waals surface area contributed by atoms with E-state index in [9.17, 15) is 23.1 Å². The minimum Gasteiger partial charge on any atom is -0.506 e. The molecular formula is C28H37Cl3F3N3O3S. The lowest BCUT2D eigenvalue weighted by molar-refractivity contribution is -0.137. The highest BCUT2D eigenvalue weighted by atomic mass is 35.5. The van der Waals surface area contributed by atoms with Crippen molar-refractivity contribution >= 4 is 54.1 Å². The molecule has 230 valence electrons. The Labute approximate surface area is 261 Å². The molecule has 2 aromatic carbocycles. The van der Waals surface area contributed by atoms with Gasteiger partial charge in [-0.3, -0.25) is 14.6 Å². The van der Waals surface area contributed by atoms with Crippen LogP contribution in [0.5, 0.6) is 5.75 Å². The molecule has 2 heterocycles. The molecule has 1 amide bonds. The number of thioether (sulfide) groups is 1. The molecule has 2 aliphatic heterocycles. The van der Waals surface area contributed by atoms with E-state index in [-0.39, 0.29) is 59.4 Å². The van der Waals surface area contributed by atoms with Crippen molar-refractivity contribution in [3.8, 4) is 5.75 Å². The van der Waals surface area contributed by atoms with Crippen molar-refractivity contribution in [3.05, 3.63) is 58.1 Å². The molecule has 4 rings (SSSR count). The number of rotatable bonds is 7. The van der Waals surface area contributed by atoms with E-state index in [0.717, 1.165) is 43.9 Å². The van der Waals surface area contributed by atoms with Crippen molar-refractivity contribution in [3.63, 3.8) is 0 Å². The predicted octanol–water partition coefficient (Wildman–Crippen LogP) is 6.11. The Hall–Kier alpha value is -1.40. The topological polar surface area (TPSA) is 56.3 Å². The number of alkyl halides is 3. The molecule has 0 saturated carbocycles. The number of hydrogen-bond acceptors (Lipinski definition) is 6. The summed E-state index contributed by atoms with van der Waals surface area (Å²) < 4.78 is 46.6. The zero-order valence-electron chi connectivity index (χ0n) is 23.2. The average molecular weight is 659 g/mol. The Balaban J connectivity index is 0.00000294. The second kappa shape index (κ2) is 15.4. The smallest absolute Gasteiger partial charge is 0.416 e. The normalized spacial score (nSPS) is 22.1. The number of carbonyl (C=O) groups excluding carboxylic acids is 1. The van der Waals surface area contributed by atoms with Crippen LogP contribution in [0, 0.1) is 0 Å². The fourth-order valence-corrected chi connectivity index (χ4v) is 6.05. The summed E-state index contributed by atoms with van der Waals surface area (Å²) in [6, 6.07) is 8.24. The van der Waals surface area contributed by atoms with Gasteiger partial charge in [0.05, 0.1) is 22.8 Å². The van der Waals surface area contributed by atoms with Gasteiger partial charge in [0.25, 0.3) is 5.91 Å². The lowest BCUT2D eigenvalue weighted by atomic mass is 10.00. The number of benzene rings is 2. The van der Waals surface area contributed by atoms with Crippen molar-refractivity contribution < 1.29 is 27.8 Å². The highest BCUT2D eigenvalue weighted by molar-refractivity contribution is 7.98. The Morgan fingerprint density at radius 3 is 2.29 bits per heavy atom. The van der Waals surface area contributed by atoms with Gasteiger partial charge < -0.3 is 14.7 Å². The van der Waals surface area contributed by atoms with Crippen LogP contribution in [0.15, 0.2) is 41.3 Å². The van der Waals surface area contributed by atoms with Gasteiger partial charge in [0.1, 0.15) is 5.75 Å². The Bertz CT molecular complexity index is 1170. The molecule has 0 unspecified atom stereocenters. The lowest BCUT2D eigenvalue weighted by Crippen LogP contribution is -2.57. The molecule has 2 fully saturated rings. The van der Waals surface area contributed by atoms with Crippen molar-refractivity contribution in [1.82, 2.24) is 14.7 Å². The quantitative estimate of drug-likeness (QED) is 0.363. The van der Waals surface area contributed by atoms with E-state index in [4.69, 9.17) is 16.3 Å². The van der Waals surface area contributed by atoms with Crippen LogP contribution in [0.25, 0.3) is 0 Å². The van der Waals surface area contributed by atoms with Gasteiger partial charge in [-0.15, -0.1) is 36.6 Å². The Kier molecular flexibility index (Phi) is 13.4. The fraction of sp³-hybridized carbons (Fsp3) is 0.536. The highest BCUT2D eigenvalue weighted by Crippen LogP contribution is 2.34. The first-order chi connectivity index (χ1) is 18.4. The number of nitrogens with zero attached hydrogens (tertiary/aromatic N) is 3. The number of aromatic hydroxyl groups is 1. The summed E-state index contributed by atoms with van der Waals surface area (Å²) in [5.41, 5.74) is -0.00132. The molecule has 3 atom stereocenters. The van der Waals surface area contributed by atoms with Gasteiger partial charge in [-0.25, -0.2) is 0 Å². The summed E-state index contributed by atoms with van der Waals surface area (Å²) in [6.07, 6.45) is -2.07. The molecule has 0 aliphatic carbocycles. The number of carbonyl (C=O) groups is 1. The van der Waals surface area contributed by atoms with Gasteiger partial charge in [-0.05, 0) is 62.4 Å². The monoisotopic (exact) mass is 657 g/mol. The second-order valence-corrected chi connectivity index (χ2v) is 11.7. The Morgan fingerprint density at radius 2 is 1.68 bits per heavy atom. The number of hydrogen-bond donors (Lipinski definition) is 1. The lowest BCUT2D eigenvalue weighted by Gasteiger charge is -2.43. The number of amides is 1. The number of phenolic OH excluding ortho intramolecular Hbond substituents is 1. The number of piperazine rings is 1. The summed E-state index contributed by atoms with van der Waals surface area (Å²) >= 11 is 7.16. The summed E-state index contributed by atoms with van der Waals surface area (Å²) in [7, 11) is 0. The highest BCUT2D eigenvalue weighted by Gasteiger charge is 2.35. The number of halogens is 6. The Morgan fingerprint density at radius 1 is 1.02 bits per heavy atom. The van der Waals surface area contributed by atoms with E-state index in [2.05, 4.69) is 23.6 Å². The van der Waals surface area contributed by atoms with Crippen LogP contribution in [0.3, 0.4) is 0 Å². The van der Waals surface area contributed by atoms with Crippen molar-refractivity contribution in [2.45, 2.75) is 49.6 Å². The van der Waals surface area contributed by atoms with Crippen LogP contribution in [0.1, 0.15) is 35.3 Å². The summed E-state index contributed by atoms with van der Waals surface area (Å²) in [5.74, 6) is -0.465. The van der Waals surface area contributed by atoms with Crippen molar-refractivity contribution in [2.75, 3.05) is 52.1 Å². The summed E-state index contributed by atoms with van der Waals surface area (Å²) in [6.45, 7) is 9.13. The van der Waals surface area contributed by atoms with E-state index < -0.39 is 17.6 Å². The first kappa shape index (κ1) is 35.8. The molecule has 0 aromatic heterocycles. The molecule has 2 saturated heterocycles. The van der Waals surface area contributed by atoms with Gasteiger partial charge in [0.15, 0.2) is 0 Å². The maximum absolute atomic E-state index is 13.7. The van der Waals surface area contributed by atoms with Gasteiger partial charge in [0.2, 0.25) is 0 Å². The molecule has 0 bridgehead atoms. The maximum atomic E-state index is 13.7. The van der Waals surface area contributed by atoms with Crippen LogP contribution in [0.4, 0.5) is 13.2 Å². The van der Waals surface area contributed by atoms with Crippen LogP contribution < -0.4 is 0 Å². The summed E-state index contributed by atoms with van der Waals surface area (Å²) in [5, 5.41) is 10.4. The van der Waals surface area contributed by atoms with E-state index in [0.29, 0.717) is 31.0 Å². The van der Waals surface area contributed by atoms with Crippen molar-refractivity contribution in [1.29, 1.82) is 0 Å². The minimum atomic E-state index is -4.55. The number of ether oxygens (including phenoxy) is 1. The molecule has 41 heavy (non-hydrogen) atoms. The van der Waals surface area contributed by atoms with Gasteiger partial charge >= 0.3 is 6.18 Å².